The van der Waals surface area contributed by atoms with Gasteiger partial charge in [0.1, 0.15) is 0 Å². The first-order chi connectivity index (χ1) is 9.69. The second-order valence-electron chi connectivity index (χ2n) is 4.20. The maximum Gasteiger partial charge on any atom is 0.269 e. The molecule has 1 aromatic heterocycles. The van der Waals surface area contributed by atoms with Crippen LogP contribution in [0.15, 0.2) is 42.5 Å². The van der Waals surface area contributed by atoms with Crippen LogP contribution in [-0.2, 0) is 13.1 Å². The Bertz CT molecular complexity index is 602. The third kappa shape index (κ3) is 3.76. The Morgan fingerprint density at radius 2 is 2.05 bits per heavy atom. The van der Waals surface area contributed by atoms with Gasteiger partial charge in [-0.2, -0.15) is 0 Å². The van der Waals surface area contributed by atoms with Crippen LogP contribution in [0.2, 0.25) is 0 Å². The molecule has 0 bridgehead atoms. The lowest BCUT2D eigenvalue weighted by molar-refractivity contribution is -0.384. The van der Waals surface area contributed by atoms with Gasteiger partial charge in [-0.15, -0.1) is 0 Å². The summed E-state index contributed by atoms with van der Waals surface area (Å²) in [4.78, 5) is 14.6. The Morgan fingerprint density at radius 1 is 1.25 bits per heavy atom. The summed E-state index contributed by atoms with van der Waals surface area (Å²) in [6.45, 7) is 1.11. The van der Waals surface area contributed by atoms with Gasteiger partial charge in [-0.3, -0.25) is 10.1 Å². The van der Waals surface area contributed by atoms with Crippen LogP contribution in [0.25, 0.3) is 0 Å². The fraction of sp³-hybridized carbons (Fsp3) is 0.214. The van der Waals surface area contributed by atoms with Crippen molar-refractivity contribution in [3.63, 3.8) is 0 Å². The number of nitrogens with zero attached hydrogens (tertiary/aromatic N) is 2. The number of nitrogens with one attached hydrogen (secondary N) is 1. The molecule has 104 valence electrons. The standard InChI is InChI=1S/C14H15N3O3/c1-20-14-7-3-5-12(16-14)10-15-9-11-4-2-6-13(8-11)17(18)19/h2-8,15H,9-10H2,1H3. The topological polar surface area (TPSA) is 77.3 Å². The molecule has 0 spiro atoms. The molecule has 1 aromatic carbocycles. The molecule has 0 unspecified atom stereocenters. The number of methoxy groups -OCH3 is 1. The minimum absolute atomic E-state index is 0.101. The van der Waals surface area contributed by atoms with Crippen molar-refractivity contribution in [3.05, 3.63) is 63.8 Å². The highest BCUT2D eigenvalue weighted by molar-refractivity contribution is 5.34. The third-order valence-corrected chi connectivity index (χ3v) is 2.75. The van der Waals surface area contributed by atoms with E-state index in [4.69, 9.17) is 4.74 Å². The van der Waals surface area contributed by atoms with Crippen molar-refractivity contribution in [2.45, 2.75) is 13.1 Å². The maximum atomic E-state index is 10.7. The van der Waals surface area contributed by atoms with Crippen LogP contribution in [0.3, 0.4) is 0 Å². The number of hydrogen-bond acceptors (Lipinski definition) is 5. The zero-order chi connectivity index (χ0) is 14.4. The molecule has 0 saturated heterocycles. The van der Waals surface area contributed by atoms with E-state index in [1.165, 1.54) is 6.07 Å². The highest BCUT2D eigenvalue weighted by Gasteiger charge is 2.05. The average molecular weight is 273 g/mol. The van der Waals surface area contributed by atoms with E-state index >= 15 is 0 Å². The number of benzene rings is 1. The van der Waals surface area contributed by atoms with Crippen LogP contribution < -0.4 is 10.1 Å². The number of pyridine rings is 1. The molecule has 0 aliphatic rings. The van der Waals surface area contributed by atoms with Crippen LogP contribution in [0.1, 0.15) is 11.3 Å². The zero-order valence-corrected chi connectivity index (χ0v) is 11.1. The third-order valence-electron chi connectivity index (χ3n) is 2.75. The molecule has 20 heavy (non-hydrogen) atoms. The summed E-state index contributed by atoms with van der Waals surface area (Å²) in [5.41, 5.74) is 1.82. The molecule has 0 aliphatic heterocycles. The van der Waals surface area contributed by atoms with Crippen molar-refractivity contribution in [1.82, 2.24) is 10.3 Å². The van der Waals surface area contributed by atoms with Gasteiger partial charge in [0.2, 0.25) is 5.88 Å². The van der Waals surface area contributed by atoms with Crippen LogP contribution in [0.5, 0.6) is 5.88 Å². The van der Waals surface area contributed by atoms with Crippen LogP contribution >= 0.6 is 0 Å². The smallest absolute Gasteiger partial charge is 0.269 e. The van der Waals surface area contributed by atoms with Crippen LogP contribution in [0.4, 0.5) is 5.69 Å². The number of ether oxygens (including phenoxy) is 1. The summed E-state index contributed by atoms with van der Waals surface area (Å²) < 4.78 is 5.05. The molecule has 1 N–H and O–H groups in total. The Morgan fingerprint density at radius 3 is 2.80 bits per heavy atom. The first-order valence-electron chi connectivity index (χ1n) is 6.13. The number of non-ortho nitro benzene ring substituents is 1. The van der Waals surface area contributed by atoms with E-state index < -0.39 is 4.92 Å². The van der Waals surface area contributed by atoms with Gasteiger partial charge in [0, 0.05) is 31.3 Å². The maximum absolute atomic E-state index is 10.7. The average Bonchev–Trinajstić information content (AvgIpc) is 2.48. The zero-order valence-electron chi connectivity index (χ0n) is 11.1. The molecule has 6 heteroatoms. The summed E-state index contributed by atoms with van der Waals surface area (Å²) in [5, 5.41) is 13.9. The predicted octanol–water partition coefficient (Wildman–Crippen LogP) is 2.29. The van der Waals surface area contributed by atoms with E-state index in [1.54, 1.807) is 25.3 Å². The van der Waals surface area contributed by atoms with E-state index in [2.05, 4.69) is 10.3 Å². The SMILES string of the molecule is COc1cccc(CNCc2cccc([N+](=O)[O-])c2)n1. The minimum Gasteiger partial charge on any atom is -0.481 e. The summed E-state index contributed by atoms with van der Waals surface area (Å²) in [5.74, 6) is 0.569. The quantitative estimate of drug-likeness (QED) is 0.645. The van der Waals surface area contributed by atoms with Gasteiger partial charge < -0.3 is 10.1 Å². The van der Waals surface area contributed by atoms with Crippen molar-refractivity contribution in [2.75, 3.05) is 7.11 Å². The van der Waals surface area contributed by atoms with Gasteiger partial charge in [-0.05, 0) is 11.6 Å². The monoisotopic (exact) mass is 273 g/mol. The number of nitro groups is 1. The number of rotatable bonds is 6. The summed E-state index contributed by atoms with van der Waals surface area (Å²) in [6, 6.07) is 12.1. The lowest BCUT2D eigenvalue weighted by atomic mass is 10.2. The molecule has 0 amide bonds. The fourth-order valence-electron chi connectivity index (χ4n) is 1.78. The van der Waals surface area contributed by atoms with Gasteiger partial charge in [-0.1, -0.05) is 18.2 Å². The molecule has 0 atom stereocenters. The van der Waals surface area contributed by atoms with E-state index in [0.29, 0.717) is 19.0 Å². The summed E-state index contributed by atoms with van der Waals surface area (Å²) >= 11 is 0. The van der Waals surface area contributed by atoms with E-state index in [1.807, 2.05) is 18.2 Å². The van der Waals surface area contributed by atoms with Gasteiger partial charge in [0.05, 0.1) is 17.7 Å². The normalized spacial score (nSPS) is 10.2. The van der Waals surface area contributed by atoms with Gasteiger partial charge >= 0.3 is 0 Å². The number of nitro benzene ring substituents is 1. The predicted molar refractivity (Wildman–Crippen MR) is 74.4 cm³/mol. The second-order valence-corrected chi connectivity index (χ2v) is 4.20. The molecule has 0 radical (unpaired) electrons. The molecule has 0 saturated carbocycles. The Hall–Kier alpha value is -2.47. The second kappa shape index (κ2) is 6.63. The molecule has 0 fully saturated rings. The van der Waals surface area contributed by atoms with Crippen molar-refractivity contribution < 1.29 is 9.66 Å². The van der Waals surface area contributed by atoms with Crippen molar-refractivity contribution in [3.8, 4) is 5.88 Å². The molecule has 0 aliphatic carbocycles. The minimum atomic E-state index is -0.396. The van der Waals surface area contributed by atoms with Gasteiger partial charge in [-0.25, -0.2) is 4.98 Å². The first-order valence-corrected chi connectivity index (χ1v) is 6.13. The Kier molecular flexibility index (Phi) is 4.62. The molecule has 1 heterocycles. The van der Waals surface area contributed by atoms with Crippen molar-refractivity contribution in [2.24, 2.45) is 0 Å². The van der Waals surface area contributed by atoms with E-state index in [-0.39, 0.29) is 5.69 Å². The first kappa shape index (κ1) is 14.0. The highest BCUT2D eigenvalue weighted by Crippen LogP contribution is 2.13. The van der Waals surface area contributed by atoms with Crippen LogP contribution in [0, 0.1) is 10.1 Å². The summed E-state index contributed by atoms with van der Waals surface area (Å²) in [6.07, 6.45) is 0. The molecule has 2 aromatic rings. The number of hydrogen-bond donors (Lipinski definition) is 1. The van der Waals surface area contributed by atoms with Crippen molar-refractivity contribution in [1.29, 1.82) is 0 Å². The lowest BCUT2D eigenvalue weighted by Crippen LogP contribution is -2.13. The molecular weight excluding hydrogens is 258 g/mol. The van der Waals surface area contributed by atoms with E-state index in [0.717, 1.165) is 11.3 Å². The Labute approximate surface area is 116 Å². The number of aromatic nitrogens is 1. The summed E-state index contributed by atoms with van der Waals surface area (Å²) in [7, 11) is 1.57. The van der Waals surface area contributed by atoms with E-state index in [9.17, 15) is 10.1 Å². The lowest BCUT2D eigenvalue weighted by Gasteiger charge is -2.06. The highest BCUT2D eigenvalue weighted by atomic mass is 16.6. The van der Waals surface area contributed by atoms with Gasteiger partial charge in [0.25, 0.3) is 5.69 Å². The van der Waals surface area contributed by atoms with Crippen molar-refractivity contribution >= 4 is 5.69 Å². The Balaban J connectivity index is 1.92. The largest absolute Gasteiger partial charge is 0.481 e. The molecule has 6 nitrogen and oxygen atoms in total. The van der Waals surface area contributed by atoms with Crippen LogP contribution in [-0.4, -0.2) is 17.0 Å². The van der Waals surface area contributed by atoms with Gasteiger partial charge in [0.15, 0.2) is 0 Å². The fourth-order valence-corrected chi connectivity index (χ4v) is 1.78. The molecular formula is C14H15N3O3. The molecule has 2 rings (SSSR count).